The Morgan fingerprint density at radius 2 is 1.21 bits per heavy atom. The maximum absolute atomic E-state index is 12.7. The second-order valence-corrected chi connectivity index (χ2v) is 6.22. The van der Waals surface area contributed by atoms with E-state index in [1.807, 2.05) is 0 Å². The van der Waals surface area contributed by atoms with E-state index in [2.05, 4.69) is 10.1 Å². The van der Waals surface area contributed by atoms with E-state index >= 15 is 0 Å². The lowest BCUT2D eigenvalue weighted by molar-refractivity contribution is -0.138. The molecule has 29 heavy (non-hydrogen) atoms. The number of fused-ring (bicyclic) bond motifs is 1. The maximum Gasteiger partial charge on any atom is 0.416 e. The molecule has 0 amide bonds. The minimum absolute atomic E-state index is 0.0693. The molecule has 0 saturated carbocycles. The highest BCUT2D eigenvalue weighted by Gasteiger charge is 2.32. The molecule has 0 bridgehead atoms. The molecule has 0 fully saturated rings. The summed E-state index contributed by atoms with van der Waals surface area (Å²) in [7, 11) is 0. The van der Waals surface area contributed by atoms with Gasteiger partial charge in [0.15, 0.2) is 5.82 Å². The fourth-order valence-corrected chi connectivity index (χ4v) is 2.84. The minimum Gasteiger partial charge on any atom is -0.265 e. The zero-order chi connectivity index (χ0) is 21.0. The molecule has 1 aromatic heterocycles. The van der Waals surface area contributed by atoms with E-state index in [9.17, 15) is 31.1 Å². The summed E-state index contributed by atoms with van der Waals surface area (Å²) in [6.07, 6.45) is -8.96. The van der Waals surface area contributed by atoms with E-state index in [1.54, 1.807) is 0 Å². The number of halogens is 6. The monoisotopic (exact) mass is 409 g/mol. The average molecular weight is 409 g/mol. The number of aliphatic imine (C=N–C) groups is 1. The topological polar surface area (TPSA) is 47.2 Å². The third-order valence-corrected chi connectivity index (χ3v) is 4.31. The van der Waals surface area contributed by atoms with Crippen molar-refractivity contribution in [3.05, 3.63) is 71.3 Å². The number of alkyl halides is 6. The van der Waals surface area contributed by atoms with Gasteiger partial charge in [0, 0.05) is 17.2 Å². The van der Waals surface area contributed by atoms with Crippen LogP contribution in [0.4, 0.5) is 32.2 Å². The van der Waals surface area contributed by atoms with Gasteiger partial charge in [-0.25, -0.2) is 4.99 Å². The van der Waals surface area contributed by atoms with Crippen molar-refractivity contribution in [3.8, 4) is 11.3 Å². The lowest BCUT2D eigenvalue weighted by Gasteiger charge is -2.07. The van der Waals surface area contributed by atoms with Crippen LogP contribution in [-0.4, -0.2) is 21.4 Å². The van der Waals surface area contributed by atoms with Crippen LogP contribution in [0.3, 0.4) is 0 Å². The molecule has 0 atom stereocenters. The SMILES string of the molecule is O=C1C(c2ccc(C(F)(F)F)cc2)=Nc2cc(-c3ccc(C(F)(F)F)cc3)nn21. The van der Waals surface area contributed by atoms with Crippen LogP contribution >= 0.6 is 0 Å². The summed E-state index contributed by atoms with van der Waals surface area (Å²) in [5, 5.41) is 4.06. The van der Waals surface area contributed by atoms with Crippen molar-refractivity contribution in [1.82, 2.24) is 9.78 Å². The van der Waals surface area contributed by atoms with Gasteiger partial charge in [-0.2, -0.15) is 36.1 Å². The molecular weight excluding hydrogens is 400 g/mol. The molecule has 1 aliphatic heterocycles. The maximum atomic E-state index is 12.7. The Balaban J connectivity index is 1.62. The number of benzene rings is 2. The Bertz CT molecular complexity index is 1120. The van der Waals surface area contributed by atoms with Crippen molar-refractivity contribution < 1.29 is 31.1 Å². The molecule has 0 saturated heterocycles. The fraction of sp³-hybridized carbons (Fsp3) is 0.105. The van der Waals surface area contributed by atoms with Gasteiger partial charge in [0.05, 0.1) is 16.8 Å². The third-order valence-electron chi connectivity index (χ3n) is 4.31. The fourth-order valence-electron chi connectivity index (χ4n) is 2.84. The smallest absolute Gasteiger partial charge is 0.265 e. The molecule has 2 heterocycles. The molecular formula is C19H9F6N3O. The second-order valence-electron chi connectivity index (χ2n) is 6.22. The Kier molecular flexibility index (Phi) is 4.10. The highest BCUT2D eigenvalue weighted by Crippen LogP contribution is 2.33. The summed E-state index contributed by atoms with van der Waals surface area (Å²) in [5.41, 5.74) is -0.928. The predicted molar refractivity (Wildman–Crippen MR) is 90.9 cm³/mol. The molecule has 10 heteroatoms. The van der Waals surface area contributed by atoms with Gasteiger partial charge < -0.3 is 0 Å². The highest BCUT2D eigenvalue weighted by molar-refractivity contribution is 6.48. The average Bonchev–Trinajstić information content (AvgIpc) is 3.20. The molecule has 0 unspecified atom stereocenters. The van der Waals surface area contributed by atoms with Gasteiger partial charge in [0.1, 0.15) is 5.71 Å². The summed E-state index contributed by atoms with van der Waals surface area (Å²) in [6, 6.07) is 9.65. The number of rotatable bonds is 2. The van der Waals surface area contributed by atoms with Gasteiger partial charge in [-0.15, -0.1) is 0 Å². The third kappa shape index (κ3) is 3.41. The van der Waals surface area contributed by atoms with Crippen LogP contribution in [0.2, 0.25) is 0 Å². The Morgan fingerprint density at radius 3 is 1.66 bits per heavy atom. The van der Waals surface area contributed by atoms with Crippen molar-refractivity contribution in [2.24, 2.45) is 4.99 Å². The van der Waals surface area contributed by atoms with Crippen LogP contribution in [0.5, 0.6) is 0 Å². The summed E-state index contributed by atoms with van der Waals surface area (Å²) >= 11 is 0. The first-order valence-corrected chi connectivity index (χ1v) is 8.13. The Morgan fingerprint density at radius 1 is 0.724 bits per heavy atom. The number of hydrogen-bond donors (Lipinski definition) is 0. The van der Waals surface area contributed by atoms with Gasteiger partial charge in [-0.3, -0.25) is 4.79 Å². The van der Waals surface area contributed by atoms with Crippen molar-refractivity contribution in [3.63, 3.8) is 0 Å². The van der Waals surface area contributed by atoms with E-state index < -0.39 is 29.4 Å². The summed E-state index contributed by atoms with van der Waals surface area (Å²) in [6.45, 7) is 0. The largest absolute Gasteiger partial charge is 0.416 e. The molecule has 4 rings (SSSR count). The van der Waals surface area contributed by atoms with Crippen LogP contribution in [0.1, 0.15) is 21.5 Å². The first-order valence-electron chi connectivity index (χ1n) is 8.13. The quantitative estimate of drug-likeness (QED) is 0.535. The van der Waals surface area contributed by atoms with Crippen LogP contribution in [0.15, 0.2) is 59.6 Å². The molecule has 0 spiro atoms. The molecule has 0 N–H and O–H groups in total. The lowest BCUT2D eigenvalue weighted by Crippen LogP contribution is -2.19. The summed E-state index contributed by atoms with van der Waals surface area (Å²) in [5.74, 6) is -0.502. The Hall–Kier alpha value is -3.43. The number of nitrogens with zero attached hydrogens (tertiary/aromatic N) is 3. The minimum atomic E-state index is -4.50. The standard InChI is InChI=1S/C19H9F6N3O/c20-18(21,22)12-5-1-10(2-6-12)14-9-15-26-16(17(29)28(15)27-14)11-3-7-13(8-4-11)19(23,24)25/h1-9H. The van der Waals surface area contributed by atoms with Gasteiger partial charge in [0.2, 0.25) is 0 Å². The number of aromatic nitrogens is 2. The second kappa shape index (κ2) is 6.29. The van der Waals surface area contributed by atoms with Gasteiger partial charge in [0.25, 0.3) is 5.91 Å². The molecule has 0 radical (unpaired) electrons. The number of carbonyl (C=O) groups excluding carboxylic acids is 1. The van der Waals surface area contributed by atoms with E-state index in [0.717, 1.165) is 41.1 Å². The molecule has 4 nitrogen and oxygen atoms in total. The molecule has 0 aliphatic carbocycles. The lowest BCUT2D eigenvalue weighted by atomic mass is 10.1. The van der Waals surface area contributed by atoms with E-state index in [0.29, 0.717) is 5.56 Å². The highest BCUT2D eigenvalue weighted by atomic mass is 19.4. The van der Waals surface area contributed by atoms with Crippen molar-refractivity contribution >= 4 is 17.4 Å². The Labute approximate surface area is 159 Å². The zero-order valence-electron chi connectivity index (χ0n) is 14.2. The van der Waals surface area contributed by atoms with E-state index in [1.165, 1.54) is 18.2 Å². The van der Waals surface area contributed by atoms with Crippen LogP contribution in [0.25, 0.3) is 11.3 Å². The van der Waals surface area contributed by atoms with E-state index in [4.69, 9.17) is 0 Å². The van der Waals surface area contributed by atoms with Crippen molar-refractivity contribution in [2.75, 3.05) is 0 Å². The summed E-state index contributed by atoms with van der Waals surface area (Å²) < 4.78 is 76.9. The molecule has 1 aliphatic rings. The van der Waals surface area contributed by atoms with E-state index in [-0.39, 0.29) is 22.8 Å². The van der Waals surface area contributed by atoms with Gasteiger partial charge in [-0.1, -0.05) is 24.3 Å². The molecule has 2 aromatic carbocycles. The van der Waals surface area contributed by atoms with Crippen LogP contribution in [0, 0.1) is 0 Å². The van der Waals surface area contributed by atoms with Crippen LogP contribution < -0.4 is 0 Å². The first kappa shape index (κ1) is 18.9. The molecule has 148 valence electrons. The normalized spacial score (nSPS) is 14.1. The zero-order valence-corrected chi connectivity index (χ0v) is 14.2. The first-order chi connectivity index (χ1) is 13.5. The number of carbonyl (C=O) groups is 1. The van der Waals surface area contributed by atoms with Crippen LogP contribution in [-0.2, 0) is 12.4 Å². The number of hydrogen-bond acceptors (Lipinski definition) is 3. The van der Waals surface area contributed by atoms with Gasteiger partial charge >= 0.3 is 12.4 Å². The summed E-state index contributed by atoms with van der Waals surface area (Å²) in [4.78, 5) is 16.6. The van der Waals surface area contributed by atoms with Gasteiger partial charge in [-0.05, 0) is 24.3 Å². The van der Waals surface area contributed by atoms with Crippen molar-refractivity contribution in [2.45, 2.75) is 12.4 Å². The molecule has 3 aromatic rings. The predicted octanol–water partition coefficient (Wildman–Crippen LogP) is 5.36. The van der Waals surface area contributed by atoms with Crippen molar-refractivity contribution in [1.29, 1.82) is 0 Å².